The Kier molecular flexibility index (Phi) is 2.49. The zero-order chi connectivity index (χ0) is 12.0. The first-order valence-corrected chi connectivity index (χ1v) is 6.10. The minimum Gasteiger partial charge on any atom is -0.397 e. The van der Waals surface area contributed by atoms with Crippen LogP contribution in [0.3, 0.4) is 0 Å². The Hall–Kier alpha value is -1.26. The van der Waals surface area contributed by atoms with Crippen LogP contribution in [-0.4, -0.2) is 14.8 Å². The summed E-state index contributed by atoms with van der Waals surface area (Å²) in [6.07, 6.45) is 2.03. The molecule has 88 valence electrons. The van der Waals surface area contributed by atoms with Gasteiger partial charge in [-0.3, -0.25) is 0 Å². The number of nitrogens with zero attached hydrogens (tertiary/aromatic N) is 3. The number of nitrogen functional groups attached to an aromatic ring is 1. The molecule has 0 spiro atoms. The van der Waals surface area contributed by atoms with Gasteiger partial charge in [0.15, 0.2) is 5.82 Å². The number of anilines is 1. The third-order valence-electron chi connectivity index (χ3n) is 2.97. The van der Waals surface area contributed by atoms with E-state index in [2.05, 4.69) is 10.2 Å². The normalized spacial score (nSPS) is 14.0. The second-order valence-corrected chi connectivity index (χ2v) is 4.83. The minimum absolute atomic E-state index is 0.460. The summed E-state index contributed by atoms with van der Waals surface area (Å²) in [6.45, 7) is 0.903. The largest absolute Gasteiger partial charge is 0.397 e. The highest BCUT2D eigenvalue weighted by molar-refractivity contribution is 6.37. The third-order valence-corrected chi connectivity index (χ3v) is 3.62. The van der Waals surface area contributed by atoms with Gasteiger partial charge in [0.05, 0.1) is 21.3 Å². The molecule has 2 aromatic rings. The molecule has 4 nitrogen and oxygen atoms in total. The van der Waals surface area contributed by atoms with Crippen molar-refractivity contribution >= 4 is 28.9 Å². The summed E-state index contributed by atoms with van der Waals surface area (Å²) in [6, 6.07) is 3.41. The van der Waals surface area contributed by atoms with Crippen LogP contribution in [0.15, 0.2) is 12.1 Å². The molecule has 2 N–H and O–H groups in total. The van der Waals surface area contributed by atoms with Crippen molar-refractivity contribution in [2.45, 2.75) is 19.4 Å². The fraction of sp³-hybridized carbons (Fsp3) is 0.273. The maximum Gasteiger partial charge on any atom is 0.167 e. The molecule has 0 fully saturated rings. The molecule has 0 atom stereocenters. The SMILES string of the molecule is Nc1c(Cl)ccc(Cl)c1-c1nnc2n1CCC2. The average Bonchev–Trinajstić information content (AvgIpc) is 2.88. The standard InChI is InChI=1S/C11H10Cl2N4/c12-6-3-4-7(13)10(14)9(6)11-16-15-8-2-1-5-17(8)11/h3-4H,1-2,5,14H2. The van der Waals surface area contributed by atoms with E-state index < -0.39 is 0 Å². The van der Waals surface area contributed by atoms with Gasteiger partial charge >= 0.3 is 0 Å². The van der Waals surface area contributed by atoms with Crippen molar-refractivity contribution in [1.82, 2.24) is 14.8 Å². The highest BCUT2D eigenvalue weighted by Crippen LogP contribution is 2.37. The molecule has 1 aromatic carbocycles. The quantitative estimate of drug-likeness (QED) is 0.810. The van der Waals surface area contributed by atoms with Crippen LogP contribution in [0.5, 0.6) is 0 Å². The Labute approximate surface area is 108 Å². The van der Waals surface area contributed by atoms with Crippen LogP contribution < -0.4 is 5.73 Å². The molecule has 2 heterocycles. The van der Waals surface area contributed by atoms with Gasteiger partial charge in [0.2, 0.25) is 0 Å². The second-order valence-electron chi connectivity index (χ2n) is 4.01. The highest BCUT2D eigenvalue weighted by atomic mass is 35.5. The zero-order valence-corrected chi connectivity index (χ0v) is 10.5. The number of halogens is 2. The fourth-order valence-corrected chi connectivity index (χ4v) is 2.54. The van der Waals surface area contributed by atoms with E-state index >= 15 is 0 Å². The molecule has 0 aliphatic carbocycles. The molecule has 0 amide bonds. The molecule has 0 radical (unpaired) electrons. The summed E-state index contributed by atoms with van der Waals surface area (Å²) in [5.74, 6) is 1.69. The monoisotopic (exact) mass is 268 g/mol. The predicted octanol–water partition coefficient (Wildman–Crippen LogP) is 2.78. The summed E-state index contributed by atoms with van der Waals surface area (Å²) in [7, 11) is 0. The lowest BCUT2D eigenvalue weighted by Crippen LogP contribution is -2.00. The maximum atomic E-state index is 6.17. The summed E-state index contributed by atoms with van der Waals surface area (Å²) in [5, 5.41) is 9.34. The highest BCUT2D eigenvalue weighted by Gasteiger charge is 2.22. The average molecular weight is 269 g/mol. The second kappa shape index (κ2) is 3.89. The Balaban J connectivity index is 2.25. The van der Waals surface area contributed by atoms with Gasteiger partial charge in [0.25, 0.3) is 0 Å². The van der Waals surface area contributed by atoms with Crippen LogP contribution in [0, 0.1) is 0 Å². The van der Waals surface area contributed by atoms with Gasteiger partial charge in [-0.1, -0.05) is 23.2 Å². The van der Waals surface area contributed by atoms with Crippen molar-refractivity contribution in [1.29, 1.82) is 0 Å². The van der Waals surface area contributed by atoms with Crippen molar-refractivity contribution < 1.29 is 0 Å². The Morgan fingerprint density at radius 2 is 1.94 bits per heavy atom. The smallest absolute Gasteiger partial charge is 0.167 e. The van der Waals surface area contributed by atoms with Crippen molar-refractivity contribution in [3.05, 3.63) is 28.0 Å². The number of benzene rings is 1. The van der Waals surface area contributed by atoms with Crippen LogP contribution in [0.1, 0.15) is 12.2 Å². The van der Waals surface area contributed by atoms with Gasteiger partial charge in [-0.05, 0) is 18.6 Å². The van der Waals surface area contributed by atoms with E-state index in [0.29, 0.717) is 27.1 Å². The zero-order valence-electron chi connectivity index (χ0n) is 8.95. The number of hydrogen-bond donors (Lipinski definition) is 1. The van der Waals surface area contributed by atoms with Crippen molar-refractivity contribution in [2.24, 2.45) is 0 Å². The van der Waals surface area contributed by atoms with Gasteiger partial charge < -0.3 is 10.3 Å². The maximum absolute atomic E-state index is 6.17. The molecule has 1 aromatic heterocycles. The van der Waals surface area contributed by atoms with Crippen molar-refractivity contribution in [2.75, 3.05) is 5.73 Å². The molecule has 1 aliphatic rings. The molecule has 6 heteroatoms. The topological polar surface area (TPSA) is 56.7 Å². The first-order chi connectivity index (χ1) is 8.18. The van der Waals surface area contributed by atoms with Crippen LogP contribution in [-0.2, 0) is 13.0 Å². The minimum atomic E-state index is 0.460. The van der Waals surface area contributed by atoms with Crippen LogP contribution in [0.25, 0.3) is 11.4 Å². The van der Waals surface area contributed by atoms with Crippen molar-refractivity contribution in [3.63, 3.8) is 0 Å². The lowest BCUT2D eigenvalue weighted by atomic mass is 10.1. The third kappa shape index (κ3) is 1.59. The van der Waals surface area contributed by atoms with Crippen LogP contribution >= 0.6 is 23.2 Å². The van der Waals surface area contributed by atoms with Crippen molar-refractivity contribution in [3.8, 4) is 11.4 Å². The van der Waals surface area contributed by atoms with Gasteiger partial charge in [-0.2, -0.15) is 0 Å². The van der Waals surface area contributed by atoms with Gasteiger partial charge in [0.1, 0.15) is 5.82 Å². The Bertz CT molecular complexity index is 591. The Morgan fingerprint density at radius 1 is 1.18 bits per heavy atom. The van der Waals surface area contributed by atoms with E-state index in [9.17, 15) is 0 Å². The molecule has 1 aliphatic heterocycles. The summed E-state index contributed by atoms with van der Waals surface area (Å²) < 4.78 is 2.05. The van der Waals surface area contributed by atoms with E-state index in [4.69, 9.17) is 28.9 Å². The molecule has 0 bridgehead atoms. The lowest BCUT2D eigenvalue weighted by molar-refractivity contribution is 0.749. The first-order valence-electron chi connectivity index (χ1n) is 5.34. The molecule has 17 heavy (non-hydrogen) atoms. The first kappa shape index (κ1) is 10.9. The van der Waals surface area contributed by atoms with E-state index in [0.717, 1.165) is 25.2 Å². The van der Waals surface area contributed by atoms with Crippen LogP contribution in [0.4, 0.5) is 5.69 Å². The van der Waals surface area contributed by atoms with E-state index in [-0.39, 0.29) is 0 Å². The summed E-state index contributed by atoms with van der Waals surface area (Å²) in [4.78, 5) is 0. The summed E-state index contributed by atoms with van der Waals surface area (Å²) in [5.41, 5.74) is 7.11. The van der Waals surface area contributed by atoms with Gasteiger partial charge in [0, 0.05) is 13.0 Å². The number of fused-ring (bicyclic) bond motifs is 1. The Morgan fingerprint density at radius 3 is 2.76 bits per heavy atom. The molecular formula is C11H10Cl2N4. The van der Waals surface area contributed by atoms with E-state index in [1.54, 1.807) is 12.1 Å². The van der Waals surface area contributed by atoms with Gasteiger partial charge in [-0.15, -0.1) is 10.2 Å². The predicted molar refractivity (Wildman–Crippen MR) is 68.2 cm³/mol. The van der Waals surface area contributed by atoms with E-state index in [1.165, 1.54) is 0 Å². The lowest BCUT2D eigenvalue weighted by Gasteiger charge is -2.09. The molecular weight excluding hydrogens is 259 g/mol. The number of aromatic nitrogens is 3. The summed E-state index contributed by atoms with van der Waals surface area (Å²) >= 11 is 12.2. The number of hydrogen-bond acceptors (Lipinski definition) is 3. The van der Waals surface area contributed by atoms with Crippen LogP contribution in [0.2, 0.25) is 10.0 Å². The number of aryl methyl sites for hydroxylation is 1. The van der Waals surface area contributed by atoms with Gasteiger partial charge in [-0.25, -0.2) is 0 Å². The molecule has 3 rings (SSSR count). The molecule has 0 saturated heterocycles. The van der Waals surface area contributed by atoms with E-state index in [1.807, 2.05) is 4.57 Å². The number of rotatable bonds is 1. The molecule has 0 saturated carbocycles. The number of nitrogens with two attached hydrogens (primary N) is 1. The molecule has 0 unspecified atom stereocenters. The fourth-order valence-electron chi connectivity index (χ4n) is 2.13.